The van der Waals surface area contributed by atoms with E-state index in [1.54, 1.807) is 13.4 Å². The van der Waals surface area contributed by atoms with Crippen molar-refractivity contribution >= 4 is 34.2 Å². The van der Waals surface area contributed by atoms with Gasteiger partial charge in [-0.25, -0.2) is 9.97 Å². The lowest BCUT2D eigenvalue weighted by Gasteiger charge is -2.32. The minimum Gasteiger partial charge on any atom is -0.493 e. The van der Waals surface area contributed by atoms with E-state index in [4.69, 9.17) is 21.1 Å². The van der Waals surface area contributed by atoms with Crippen LogP contribution < -0.4 is 15.4 Å². The van der Waals surface area contributed by atoms with E-state index in [0.717, 1.165) is 53.9 Å². The van der Waals surface area contributed by atoms with Crippen LogP contribution >= 0.6 is 11.6 Å². The van der Waals surface area contributed by atoms with Crippen molar-refractivity contribution in [2.24, 2.45) is 5.92 Å². The monoisotopic (exact) mass is 495 g/mol. The number of fused-ring (bicyclic) bond motifs is 3. The predicted octanol–water partition coefficient (Wildman–Crippen LogP) is 3.61. The summed E-state index contributed by atoms with van der Waals surface area (Å²) in [6.45, 7) is 3.18. The maximum absolute atomic E-state index is 12.5. The third-order valence-corrected chi connectivity index (χ3v) is 7.04. The molecule has 2 N–H and O–H groups in total. The van der Waals surface area contributed by atoms with Gasteiger partial charge in [-0.05, 0) is 44.0 Å². The maximum Gasteiger partial charge on any atom is 0.234 e. The second kappa shape index (κ2) is 10.8. The van der Waals surface area contributed by atoms with E-state index in [1.165, 1.54) is 0 Å². The molecule has 35 heavy (non-hydrogen) atoms. The Kier molecular flexibility index (Phi) is 7.32. The van der Waals surface area contributed by atoms with Crippen molar-refractivity contribution in [3.8, 4) is 5.75 Å². The van der Waals surface area contributed by atoms with Crippen LogP contribution in [0.2, 0.25) is 0 Å². The molecule has 1 fully saturated rings. The van der Waals surface area contributed by atoms with Gasteiger partial charge in [0.25, 0.3) is 0 Å². The number of piperidine rings is 1. The number of carbonyl (C=O) groups excluding carboxylic acids is 1. The molecule has 3 aliphatic rings. The van der Waals surface area contributed by atoms with Gasteiger partial charge in [0.1, 0.15) is 24.0 Å². The van der Waals surface area contributed by atoms with E-state index in [9.17, 15) is 4.79 Å². The van der Waals surface area contributed by atoms with Crippen LogP contribution in [-0.2, 0) is 9.53 Å². The average Bonchev–Trinajstić information content (AvgIpc) is 2.87. The molecule has 184 valence electrons. The molecule has 5 rings (SSSR count). The van der Waals surface area contributed by atoms with Gasteiger partial charge >= 0.3 is 0 Å². The van der Waals surface area contributed by atoms with Crippen LogP contribution in [0.4, 0.5) is 5.82 Å². The minimum atomic E-state index is -0.214. The number of hydrogen-bond acceptors (Lipinski definition) is 7. The smallest absolute Gasteiger partial charge is 0.234 e. The average molecular weight is 496 g/mol. The van der Waals surface area contributed by atoms with Crippen LogP contribution in [0.15, 0.2) is 59.1 Å². The van der Waals surface area contributed by atoms with Gasteiger partial charge in [0, 0.05) is 42.1 Å². The second-order valence-corrected chi connectivity index (χ2v) is 9.53. The molecule has 0 spiro atoms. The molecule has 1 aromatic heterocycles. The number of nitrogens with zero attached hydrogens (tertiary/aromatic N) is 3. The van der Waals surface area contributed by atoms with Crippen molar-refractivity contribution in [3.05, 3.63) is 59.1 Å². The zero-order valence-corrected chi connectivity index (χ0v) is 20.6. The zero-order chi connectivity index (χ0) is 24.2. The fourth-order valence-corrected chi connectivity index (χ4v) is 5.13. The summed E-state index contributed by atoms with van der Waals surface area (Å²) in [5.41, 5.74) is 2.44. The largest absolute Gasteiger partial charge is 0.493 e. The van der Waals surface area contributed by atoms with Crippen LogP contribution in [0.3, 0.4) is 0 Å². The summed E-state index contributed by atoms with van der Waals surface area (Å²) in [7, 11) is 1.68. The Morgan fingerprint density at radius 2 is 2.20 bits per heavy atom. The molecular weight excluding hydrogens is 466 g/mol. The van der Waals surface area contributed by atoms with Gasteiger partial charge in [0.15, 0.2) is 0 Å². The fraction of sp³-hybridized carbons (Fsp3) is 0.423. The number of ether oxygens (including phenoxy) is 2. The van der Waals surface area contributed by atoms with E-state index < -0.39 is 0 Å². The molecule has 1 aromatic carbocycles. The van der Waals surface area contributed by atoms with E-state index in [1.807, 2.05) is 36.4 Å². The lowest BCUT2D eigenvalue weighted by molar-refractivity contribution is -0.122. The minimum absolute atomic E-state index is 0.0146. The van der Waals surface area contributed by atoms with Gasteiger partial charge in [0.05, 0.1) is 24.4 Å². The van der Waals surface area contributed by atoms with Crippen molar-refractivity contribution in [2.45, 2.75) is 25.4 Å². The van der Waals surface area contributed by atoms with E-state index in [-0.39, 0.29) is 12.0 Å². The molecule has 1 aliphatic carbocycles. The number of methoxy groups -OCH3 is 1. The van der Waals surface area contributed by atoms with Gasteiger partial charge in [-0.3, -0.25) is 9.69 Å². The molecule has 3 atom stereocenters. The molecule has 9 heteroatoms. The Hall–Kier alpha value is -2.94. The summed E-state index contributed by atoms with van der Waals surface area (Å²) >= 11 is 6.62. The summed E-state index contributed by atoms with van der Waals surface area (Å²) in [6.07, 6.45) is 9.90. The number of nitrogens with one attached hydrogen (secondary N) is 2. The van der Waals surface area contributed by atoms with Crippen molar-refractivity contribution in [1.29, 1.82) is 0 Å². The Morgan fingerprint density at radius 1 is 1.29 bits per heavy atom. The highest BCUT2D eigenvalue weighted by Gasteiger charge is 2.25. The summed E-state index contributed by atoms with van der Waals surface area (Å²) in [6, 6.07) is 5.87. The molecule has 3 heterocycles. The molecule has 1 saturated heterocycles. The Balaban J connectivity index is 1.54. The molecule has 0 radical (unpaired) electrons. The van der Waals surface area contributed by atoms with Crippen LogP contribution in [0, 0.1) is 5.92 Å². The number of amides is 1. The van der Waals surface area contributed by atoms with Gasteiger partial charge in [0.2, 0.25) is 5.91 Å². The molecule has 0 saturated carbocycles. The van der Waals surface area contributed by atoms with Gasteiger partial charge in [-0.1, -0.05) is 29.8 Å². The standard InChI is InChI=1S/C26H30ClN5O3/c1-34-23-9-7-21(27)19-5-2-10-28-24(33)14-32-11-3-4-17(13-32)15-35-18-6-8-22-20(12-18)26(30-16-29-22)31-25(19)23/h2,5-8,12,16-17,23H,3-4,9-11,13-15H2,1H3,(H,28,33)(H,29,30,31). The van der Waals surface area contributed by atoms with Crippen molar-refractivity contribution in [1.82, 2.24) is 20.2 Å². The number of halogens is 1. The zero-order valence-electron chi connectivity index (χ0n) is 19.8. The fourth-order valence-electron chi connectivity index (χ4n) is 4.88. The first-order valence-corrected chi connectivity index (χ1v) is 12.4. The Labute approximate surface area is 210 Å². The van der Waals surface area contributed by atoms with Crippen LogP contribution in [0.5, 0.6) is 5.75 Å². The maximum atomic E-state index is 12.5. The first-order chi connectivity index (χ1) is 17.1. The van der Waals surface area contributed by atoms with E-state index in [2.05, 4.69) is 25.5 Å². The summed E-state index contributed by atoms with van der Waals surface area (Å²) in [5.74, 6) is 1.82. The number of allylic oxidation sites excluding steroid dienone is 3. The number of hydrogen-bond donors (Lipinski definition) is 2. The SMILES string of the molecule is COC1CC=C(Cl)C2=C1Nc1ncnc3ccc(cc13)OCC1CCCN(CC(=O)NCC=C2)C1. The van der Waals surface area contributed by atoms with Crippen molar-refractivity contribution in [2.75, 3.05) is 45.2 Å². The van der Waals surface area contributed by atoms with Crippen molar-refractivity contribution in [3.63, 3.8) is 0 Å². The molecule has 2 aromatic rings. The second-order valence-electron chi connectivity index (χ2n) is 9.13. The summed E-state index contributed by atoms with van der Waals surface area (Å²) < 4.78 is 12.0. The van der Waals surface area contributed by atoms with E-state index >= 15 is 0 Å². The Bertz CT molecular complexity index is 1190. The number of carbonyl (C=O) groups is 1. The summed E-state index contributed by atoms with van der Waals surface area (Å²) in [5, 5.41) is 7.95. The highest BCUT2D eigenvalue weighted by molar-refractivity contribution is 6.32. The third kappa shape index (κ3) is 5.50. The summed E-state index contributed by atoms with van der Waals surface area (Å²) in [4.78, 5) is 23.7. The highest BCUT2D eigenvalue weighted by Crippen LogP contribution is 2.33. The molecule has 8 nitrogen and oxygen atoms in total. The molecule has 4 bridgehead atoms. The highest BCUT2D eigenvalue weighted by atomic mass is 35.5. The normalized spacial score (nSPS) is 25.6. The Morgan fingerprint density at radius 3 is 3.09 bits per heavy atom. The topological polar surface area (TPSA) is 88.6 Å². The predicted molar refractivity (Wildman–Crippen MR) is 136 cm³/mol. The lowest BCUT2D eigenvalue weighted by Crippen LogP contribution is -2.43. The van der Waals surface area contributed by atoms with Gasteiger partial charge in [-0.2, -0.15) is 0 Å². The molecule has 1 amide bonds. The number of anilines is 1. The first-order valence-electron chi connectivity index (χ1n) is 12.0. The van der Waals surface area contributed by atoms with Crippen LogP contribution in [0.25, 0.3) is 10.9 Å². The van der Waals surface area contributed by atoms with Crippen molar-refractivity contribution < 1.29 is 14.3 Å². The number of aromatic nitrogens is 2. The van der Waals surface area contributed by atoms with Crippen LogP contribution in [-0.4, -0.2) is 66.8 Å². The number of benzene rings is 1. The van der Waals surface area contributed by atoms with Gasteiger partial charge < -0.3 is 20.1 Å². The number of rotatable bonds is 1. The van der Waals surface area contributed by atoms with Gasteiger partial charge in [-0.15, -0.1) is 0 Å². The quantitative estimate of drug-likeness (QED) is 0.624. The lowest BCUT2D eigenvalue weighted by atomic mass is 9.99. The van der Waals surface area contributed by atoms with E-state index in [0.29, 0.717) is 42.9 Å². The van der Waals surface area contributed by atoms with Crippen LogP contribution in [0.1, 0.15) is 19.3 Å². The molecular formula is C26H30ClN5O3. The molecule has 2 aliphatic heterocycles. The first kappa shape index (κ1) is 23.8. The third-order valence-electron chi connectivity index (χ3n) is 6.68. The molecule has 3 unspecified atom stereocenters.